The van der Waals surface area contributed by atoms with Crippen LogP contribution in [0.15, 0.2) is 29.2 Å². The smallest absolute Gasteiger partial charge is 0.212 e. The number of ether oxygens (including phenoxy) is 1. The third kappa shape index (κ3) is 7.68. The van der Waals surface area contributed by atoms with Crippen LogP contribution < -0.4 is 10.5 Å². The van der Waals surface area contributed by atoms with E-state index in [1.165, 1.54) is 18.9 Å². The zero-order valence-corrected chi connectivity index (χ0v) is 13.6. The highest BCUT2D eigenvalue weighted by Gasteiger charge is 2.17. The highest BCUT2D eigenvalue weighted by atomic mass is 32.2. The molecule has 0 fully saturated rings. The molecule has 0 saturated carbocycles. The molecule has 1 aromatic rings. The van der Waals surface area contributed by atoms with Gasteiger partial charge in [0.1, 0.15) is 0 Å². The fourth-order valence-corrected chi connectivity index (χ4v) is 4.37. The number of sulfonamides is 1. The minimum atomic E-state index is -3.40. The number of rotatable bonds is 10. The average molecular weight is 334 g/mol. The number of nitrogens with two attached hydrogens (primary N) is 1. The van der Waals surface area contributed by atoms with Gasteiger partial charge in [-0.25, -0.2) is 13.1 Å². The molecule has 0 aliphatic rings. The van der Waals surface area contributed by atoms with Crippen molar-refractivity contribution in [1.29, 1.82) is 0 Å². The Labute approximate surface area is 130 Å². The van der Waals surface area contributed by atoms with E-state index in [1.54, 1.807) is 6.07 Å². The molecule has 21 heavy (non-hydrogen) atoms. The number of aliphatic hydroxyl groups is 1. The van der Waals surface area contributed by atoms with E-state index in [2.05, 4.69) is 4.72 Å². The van der Waals surface area contributed by atoms with E-state index in [0.717, 1.165) is 4.90 Å². The first kappa shape index (κ1) is 18.2. The fraction of sp³-hybridized carbons (Fsp3) is 0.538. The predicted molar refractivity (Wildman–Crippen MR) is 85.9 cm³/mol. The van der Waals surface area contributed by atoms with Crippen LogP contribution in [-0.4, -0.2) is 51.4 Å². The lowest BCUT2D eigenvalue weighted by molar-refractivity contribution is 0.158. The molecule has 0 aromatic heterocycles. The first-order chi connectivity index (χ1) is 9.96. The highest BCUT2D eigenvalue weighted by Crippen LogP contribution is 2.20. The first-order valence-electron chi connectivity index (χ1n) is 6.55. The lowest BCUT2D eigenvalue weighted by atomic mass is 10.2. The summed E-state index contributed by atoms with van der Waals surface area (Å²) in [6, 6.07) is 6.92. The minimum Gasteiger partial charge on any atom is -0.399 e. The van der Waals surface area contributed by atoms with Gasteiger partial charge in [-0.15, -0.1) is 11.8 Å². The minimum absolute atomic E-state index is 0.00188. The molecule has 1 unspecified atom stereocenters. The normalized spacial score (nSPS) is 13.2. The first-order valence-corrected chi connectivity index (χ1v) is 9.19. The number of hydrogen-bond acceptors (Lipinski definition) is 6. The molecular weight excluding hydrogens is 312 g/mol. The van der Waals surface area contributed by atoms with E-state index in [1.807, 2.05) is 18.2 Å². The summed E-state index contributed by atoms with van der Waals surface area (Å²) in [7, 11) is -1.90. The molecular formula is C13H22N2O4S2. The van der Waals surface area contributed by atoms with Crippen LogP contribution in [0, 0.1) is 0 Å². The van der Waals surface area contributed by atoms with Gasteiger partial charge in [-0.1, -0.05) is 6.07 Å². The van der Waals surface area contributed by atoms with Crippen LogP contribution in [0.4, 0.5) is 5.69 Å². The third-order valence-electron chi connectivity index (χ3n) is 2.67. The largest absolute Gasteiger partial charge is 0.399 e. The molecule has 1 rings (SSSR count). The average Bonchev–Trinajstić information content (AvgIpc) is 2.38. The second-order valence-electron chi connectivity index (χ2n) is 4.52. The van der Waals surface area contributed by atoms with Crippen LogP contribution in [-0.2, 0) is 14.8 Å². The van der Waals surface area contributed by atoms with Crippen molar-refractivity contribution in [2.45, 2.75) is 17.4 Å². The van der Waals surface area contributed by atoms with Crippen molar-refractivity contribution in [3.05, 3.63) is 24.3 Å². The molecule has 6 nitrogen and oxygen atoms in total. The Morgan fingerprint density at radius 1 is 1.48 bits per heavy atom. The van der Waals surface area contributed by atoms with Crippen molar-refractivity contribution in [2.75, 3.05) is 37.6 Å². The van der Waals surface area contributed by atoms with Gasteiger partial charge in [-0.2, -0.15) is 0 Å². The van der Waals surface area contributed by atoms with E-state index in [-0.39, 0.29) is 19.0 Å². The van der Waals surface area contributed by atoms with E-state index >= 15 is 0 Å². The van der Waals surface area contributed by atoms with Gasteiger partial charge in [0.2, 0.25) is 10.0 Å². The van der Waals surface area contributed by atoms with Crippen LogP contribution in [0.5, 0.6) is 0 Å². The Bertz CT molecular complexity index is 517. The van der Waals surface area contributed by atoms with Crippen molar-refractivity contribution in [1.82, 2.24) is 4.72 Å². The summed E-state index contributed by atoms with van der Waals surface area (Å²) in [5.74, 6) is 0.426. The van der Waals surface area contributed by atoms with Gasteiger partial charge in [-0.3, -0.25) is 0 Å². The van der Waals surface area contributed by atoms with Crippen LogP contribution in [0.25, 0.3) is 0 Å². The lowest BCUT2D eigenvalue weighted by Crippen LogP contribution is -2.40. The second kappa shape index (κ2) is 9.26. The second-order valence-corrected chi connectivity index (χ2v) is 7.56. The van der Waals surface area contributed by atoms with E-state index in [9.17, 15) is 8.42 Å². The number of methoxy groups -OCH3 is 1. The number of aliphatic hydroxyl groups excluding tert-OH is 1. The lowest BCUT2D eigenvalue weighted by Gasteiger charge is -2.16. The van der Waals surface area contributed by atoms with Gasteiger partial charge in [0.25, 0.3) is 0 Å². The van der Waals surface area contributed by atoms with Gasteiger partial charge in [0, 0.05) is 36.1 Å². The Balaban J connectivity index is 2.44. The summed E-state index contributed by atoms with van der Waals surface area (Å²) < 4.78 is 31.4. The maximum Gasteiger partial charge on any atom is 0.212 e. The molecule has 0 aliphatic heterocycles. The summed E-state index contributed by atoms with van der Waals surface area (Å²) in [6.07, 6.45) is 0.329. The van der Waals surface area contributed by atoms with E-state index in [0.29, 0.717) is 17.9 Å². The number of nitrogens with one attached hydrogen (secondary N) is 1. The third-order valence-corrected chi connectivity index (χ3v) is 5.36. The number of thioether (sulfide) groups is 1. The molecule has 8 heteroatoms. The van der Waals surface area contributed by atoms with Gasteiger partial charge in [0.05, 0.1) is 12.4 Å². The van der Waals surface area contributed by atoms with Crippen molar-refractivity contribution >= 4 is 27.5 Å². The van der Waals surface area contributed by atoms with E-state index < -0.39 is 16.1 Å². The zero-order chi connectivity index (χ0) is 15.7. The van der Waals surface area contributed by atoms with Gasteiger partial charge in [-0.05, 0) is 24.6 Å². The van der Waals surface area contributed by atoms with Gasteiger partial charge >= 0.3 is 0 Å². The maximum absolute atomic E-state index is 12.0. The molecule has 120 valence electrons. The zero-order valence-electron chi connectivity index (χ0n) is 12.0. The monoisotopic (exact) mass is 334 g/mol. The predicted octanol–water partition coefficient (Wildman–Crippen LogP) is 0.678. The molecule has 0 amide bonds. The fourth-order valence-electron chi connectivity index (χ4n) is 1.72. The number of nitrogen functional groups attached to an aromatic ring is 1. The summed E-state index contributed by atoms with van der Waals surface area (Å²) >= 11 is 1.44. The van der Waals surface area contributed by atoms with Gasteiger partial charge < -0.3 is 15.6 Å². The Hall–Kier alpha value is -0.800. The van der Waals surface area contributed by atoms with Crippen LogP contribution in [0.2, 0.25) is 0 Å². The van der Waals surface area contributed by atoms with Gasteiger partial charge in [0.15, 0.2) is 0 Å². The Morgan fingerprint density at radius 3 is 2.86 bits per heavy atom. The molecule has 1 atom stereocenters. The number of benzene rings is 1. The SMILES string of the molecule is COCC(CCO)NS(=O)(=O)CCSc1cccc(N)c1. The van der Waals surface area contributed by atoms with Crippen molar-refractivity contribution < 1.29 is 18.3 Å². The highest BCUT2D eigenvalue weighted by molar-refractivity contribution is 8.00. The molecule has 4 N–H and O–H groups in total. The summed E-state index contributed by atoms with van der Waals surface area (Å²) in [5.41, 5.74) is 6.32. The Kier molecular flexibility index (Phi) is 8.05. The van der Waals surface area contributed by atoms with Crippen molar-refractivity contribution in [2.24, 2.45) is 0 Å². The molecule has 0 spiro atoms. The van der Waals surface area contributed by atoms with Crippen molar-refractivity contribution in [3.8, 4) is 0 Å². The molecule has 0 aliphatic carbocycles. The van der Waals surface area contributed by atoms with Crippen molar-refractivity contribution in [3.63, 3.8) is 0 Å². The molecule has 0 bridgehead atoms. The summed E-state index contributed by atoms with van der Waals surface area (Å²) in [4.78, 5) is 0.939. The summed E-state index contributed by atoms with van der Waals surface area (Å²) in [6.45, 7) is 0.150. The standard InChI is InChI=1S/C13H22N2O4S2/c1-19-10-12(5-6-16)15-21(17,18)8-7-20-13-4-2-3-11(14)9-13/h2-4,9,12,15-16H,5-8,10,14H2,1H3. The molecule has 0 heterocycles. The number of anilines is 1. The maximum atomic E-state index is 12.0. The number of hydrogen-bond donors (Lipinski definition) is 3. The molecule has 0 saturated heterocycles. The van der Waals surface area contributed by atoms with Crippen LogP contribution in [0.1, 0.15) is 6.42 Å². The summed E-state index contributed by atoms with van der Waals surface area (Å²) in [5, 5.41) is 8.90. The molecule has 0 radical (unpaired) electrons. The Morgan fingerprint density at radius 2 is 2.24 bits per heavy atom. The molecule has 1 aromatic carbocycles. The van der Waals surface area contributed by atoms with Crippen LogP contribution >= 0.6 is 11.8 Å². The van der Waals surface area contributed by atoms with Crippen LogP contribution in [0.3, 0.4) is 0 Å². The topological polar surface area (TPSA) is 102 Å². The quantitative estimate of drug-likeness (QED) is 0.429. The van der Waals surface area contributed by atoms with E-state index in [4.69, 9.17) is 15.6 Å².